The second kappa shape index (κ2) is 6.70. The van der Waals surface area contributed by atoms with Crippen LogP contribution in [0.4, 0.5) is 0 Å². The monoisotopic (exact) mass is 274 g/mol. The highest BCUT2D eigenvalue weighted by Crippen LogP contribution is 2.41. The van der Waals surface area contributed by atoms with Crippen molar-refractivity contribution in [1.82, 2.24) is 10.2 Å². The highest BCUT2D eigenvalue weighted by molar-refractivity contribution is 5.33. The molecule has 1 heterocycles. The van der Waals surface area contributed by atoms with Crippen LogP contribution in [-0.2, 0) is 6.54 Å². The summed E-state index contributed by atoms with van der Waals surface area (Å²) in [6.07, 6.45) is 5.25. The molecule has 3 rings (SSSR count). The number of nitrogens with one attached hydrogen (secondary N) is 1. The van der Waals surface area contributed by atoms with Gasteiger partial charge in [0.15, 0.2) is 0 Å². The summed E-state index contributed by atoms with van der Waals surface area (Å²) in [6, 6.07) is 9.46. The summed E-state index contributed by atoms with van der Waals surface area (Å²) < 4.78 is 0. The zero-order valence-corrected chi connectivity index (χ0v) is 12.2. The van der Waals surface area contributed by atoms with E-state index >= 15 is 0 Å². The van der Waals surface area contributed by atoms with Crippen molar-refractivity contribution in [2.75, 3.05) is 26.2 Å². The van der Waals surface area contributed by atoms with Crippen molar-refractivity contribution in [3.05, 3.63) is 35.4 Å². The first-order chi connectivity index (χ1) is 9.86. The van der Waals surface area contributed by atoms with Crippen molar-refractivity contribution in [2.45, 2.75) is 44.2 Å². The first-order valence-corrected chi connectivity index (χ1v) is 8.01. The molecule has 110 valence electrons. The van der Waals surface area contributed by atoms with Crippen LogP contribution in [0.1, 0.15) is 42.7 Å². The molecule has 3 nitrogen and oxygen atoms in total. The fraction of sp³-hybridized carbons (Fsp3) is 0.647. The Hall–Kier alpha value is -0.900. The van der Waals surface area contributed by atoms with E-state index < -0.39 is 0 Å². The lowest BCUT2D eigenvalue weighted by Gasteiger charge is -2.26. The predicted molar refractivity (Wildman–Crippen MR) is 81.8 cm³/mol. The van der Waals surface area contributed by atoms with Gasteiger partial charge >= 0.3 is 0 Å². The summed E-state index contributed by atoms with van der Waals surface area (Å²) in [5.74, 6) is 0.798. The predicted octanol–water partition coefficient (Wildman–Crippen LogP) is 2.11. The first-order valence-electron chi connectivity index (χ1n) is 8.01. The van der Waals surface area contributed by atoms with Gasteiger partial charge in [0.2, 0.25) is 0 Å². The van der Waals surface area contributed by atoms with Gasteiger partial charge < -0.3 is 10.4 Å². The van der Waals surface area contributed by atoms with Gasteiger partial charge in [-0.25, -0.2) is 0 Å². The molecule has 3 heteroatoms. The van der Waals surface area contributed by atoms with E-state index in [0.717, 1.165) is 32.1 Å². The van der Waals surface area contributed by atoms with Crippen molar-refractivity contribution in [3.63, 3.8) is 0 Å². The number of aliphatic hydroxyl groups excluding tert-OH is 1. The molecular weight excluding hydrogens is 248 g/mol. The molecule has 0 aromatic heterocycles. The van der Waals surface area contributed by atoms with Gasteiger partial charge in [-0.2, -0.15) is 0 Å². The Morgan fingerprint density at radius 3 is 2.75 bits per heavy atom. The standard InChI is InChI=1S/C17H26N2O/c20-11-10-19(13-16-5-3-9-18-16)12-15-4-1-2-6-17(15)14-7-8-14/h1-2,4,6,14,16,18,20H,3,5,7-13H2. The molecule has 1 unspecified atom stereocenters. The minimum absolute atomic E-state index is 0.248. The number of aliphatic hydroxyl groups is 1. The molecule has 1 aromatic rings. The van der Waals surface area contributed by atoms with Crippen LogP contribution >= 0.6 is 0 Å². The molecule has 0 amide bonds. The van der Waals surface area contributed by atoms with E-state index in [1.54, 1.807) is 0 Å². The molecule has 1 aliphatic heterocycles. The van der Waals surface area contributed by atoms with Gasteiger partial charge in [-0.05, 0) is 49.3 Å². The van der Waals surface area contributed by atoms with Gasteiger partial charge in [-0.1, -0.05) is 24.3 Å². The Kier molecular flexibility index (Phi) is 4.71. The van der Waals surface area contributed by atoms with E-state index in [0.29, 0.717) is 6.04 Å². The summed E-state index contributed by atoms with van der Waals surface area (Å²) in [5, 5.41) is 12.9. The van der Waals surface area contributed by atoms with Crippen LogP contribution in [-0.4, -0.2) is 42.3 Å². The third kappa shape index (κ3) is 3.60. The van der Waals surface area contributed by atoms with Crippen molar-refractivity contribution < 1.29 is 5.11 Å². The Morgan fingerprint density at radius 1 is 1.20 bits per heavy atom. The minimum Gasteiger partial charge on any atom is -0.395 e. The van der Waals surface area contributed by atoms with E-state index in [4.69, 9.17) is 0 Å². The summed E-state index contributed by atoms with van der Waals surface area (Å²) in [5.41, 5.74) is 3.00. The zero-order chi connectivity index (χ0) is 13.8. The zero-order valence-electron chi connectivity index (χ0n) is 12.2. The fourth-order valence-electron chi connectivity index (χ4n) is 3.31. The molecule has 1 aromatic carbocycles. The average molecular weight is 274 g/mol. The normalized spacial score (nSPS) is 22.6. The lowest BCUT2D eigenvalue weighted by Crippen LogP contribution is -2.38. The van der Waals surface area contributed by atoms with Crippen molar-refractivity contribution in [1.29, 1.82) is 0 Å². The minimum atomic E-state index is 0.248. The quantitative estimate of drug-likeness (QED) is 0.799. The molecular formula is C17H26N2O. The average Bonchev–Trinajstić information content (AvgIpc) is 3.18. The van der Waals surface area contributed by atoms with Crippen LogP contribution in [0.2, 0.25) is 0 Å². The van der Waals surface area contributed by atoms with Crippen molar-refractivity contribution in [2.24, 2.45) is 0 Å². The third-order valence-corrected chi connectivity index (χ3v) is 4.52. The number of nitrogens with zero attached hydrogens (tertiary/aromatic N) is 1. The van der Waals surface area contributed by atoms with Gasteiger partial charge in [-0.15, -0.1) is 0 Å². The highest BCUT2D eigenvalue weighted by Gasteiger charge is 2.26. The number of benzene rings is 1. The molecule has 2 N–H and O–H groups in total. The highest BCUT2D eigenvalue weighted by atomic mass is 16.3. The van der Waals surface area contributed by atoms with E-state index in [1.807, 2.05) is 0 Å². The molecule has 0 bridgehead atoms. The third-order valence-electron chi connectivity index (χ3n) is 4.52. The SMILES string of the molecule is OCCN(Cc1ccccc1C1CC1)CC1CCCN1. The summed E-state index contributed by atoms with van der Waals surface area (Å²) in [4.78, 5) is 2.41. The van der Waals surface area contributed by atoms with E-state index in [-0.39, 0.29) is 6.61 Å². The summed E-state index contributed by atoms with van der Waals surface area (Å²) in [7, 11) is 0. The van der Waals surface area contributed by atoms with Crippen LogP contribution in [0, 0.1) is 0 Å². The van der Waals surface area contributed by atoms with Crippen LogP contribution in [0.3, 0.4) is 0 Å². The van der Waals surface area contributed by atoms with Crippen molar-refractivity contribution in [3.8, 4) is 0 Å². The molecule has 1 atom stereocenters. The van der Waals surface area contributed by atoms with Gasteiger partial charge in [0.1, 0.15) is 0 Å². The smallest absolute Gasteiger partial charge is 0.0558 e. The Morgan fingerprint density at radius 2 is 2.05 bits per heavy atom. The molecule has 1 aliphatic carbocycles. The first kappa shape index (κ1) is 14.1. The van der Waals surface area contributed by atoms with Gasteiger partial charge in [0.25, 0.3) is 0 Å². The largest absolute Gasteiger partial charge is 0.395 e. The topological polar surface area (TPSA) is 35.5 Å². The Bertz CT molecular complexity index is 425. The Labute approximate surface area is 122 Å². The maximum atomic E-state index is 9.32. The van der Waals surface area contributed by atoms with Gasteiger partial charge in [0.05, 0.1) is 6.61 Å². The molecule has 0 spiro atoms. The molecule has 0 radical (unpaired) electrons. The summed E-state index contributed by atoms with van der Waals surface area (Å²) in [6.45, 7) is 4.21. The maximum absolute atomic E-state index is 9.32. The summed E-state index contributed by atoms with van der Waals surface area (Å²) >= 11 is 0. The molecule has 2 aliphatic rings. The molecule has 20 heavy (non-hydrogen) atoms. The van der Waals surface area contributed by atoms with Crippen LogP contribution in [0.15, 0.2) is 24.3 Å². The number of rotatable bonds is 7. The Balaban J connectivity index is 1.65. The van der Waals surface area contributed by atoms with E-state index in [9.17, 15) is 5.11 Å². The molecule has 1 saturated heterocycles. The van der Waals surface area contributed by atoms with E-state index in [2.05, 4.69) is 34.5 Å². The lowest BCUT2D eigenvalue weighted by atomic mass is 10.0. The second-order valence-corrected chi connectivity index (χ2v) is 6.23. The van der Waals surface area contributed by atoms with Gasteiger partial charge in [-0.3, -0.25) is 4.90 Å². The maximum Gasteiger partial charge on any atom is 0.0558 e. The van der Waals surface area contributed by atoms with Crippen molar-refractivity contribution >= 4 is 0 Å². The molecule has 1 saturated carbocycles. The number of hydrogen-bond donors (Lipinski definition) is 2. The van der Waals surface area contributed by atoms with E-state index in [1.165, 1.54) is 36.8 Å². The van der Waals surface area contributed by atoms with Crippen LogP contribution in [0.5, 0.6) is 0 Å². The lowest BCUT2D eigenvalue weighted by molar-refractivity contribution is 0.179. The second-order valence-electron chi connectivity index (χ2n) is 6.23. The fourth-order valence-corrected chi connectivity index (χ4v) is 3.31. The number of hydrogen-bond acceptors (Lipinski definition) is 3. The molecule has 2 fully saturated rings. The van der Waals surface area contributed by atoms with Crippen LogP contribution < -0.4 is 5.32 Å². The van der Waals surface area contributed by atoms with Gasteiger partial charge in [0, 0.05) is 25.7 Å². The van der Waals surface area contributed by atoms with Crippen LogP contribution in [0.25, 0.3) is 0 Å².